The van der Waals surface area contributed by atoms with Crippen LogP contribution in [0.5, 0.6) is 11.5 Å². The lowest BCUT2D eigenvalue weighted by atomic mass is 10.1. The van der Waals surface area contributed by atoms with Gasteiger partial charge in [-0.05, 0) is 18.6 Å². The number of para-hydroxylation sites is 1. The zero-order valence-corrected chi connectivity index (χ0v) is 14.4. The predicted octanol–water partition coefficient (Wildman–Crippen LogP) is 3.22. The van der Waals surface area contributed by atoms with E-state index in [1.807, 2.05) is 0 Å². The fourth-order valence-electron chi connectivity index (χ4n) is 2.16. The highest BCUT2D eigenvalue weighted by Crippen LogP contribution is 2.32. The van der Waals surface area contributed by atoms with Crippen molar-refractivity contribution in [1.82, 2.24) is 5.32 Å². The molecule has 1 aromatic carbocycles. The topological polar surface area (TPSA) is 84.9 Å². The van der Waals surface area contributed by atoms with Crippen LogP contribution in [0.15, 0.2) is 23.9 Å². The summed E-state index contributed by atoms with van der Waals surface area (Å²) in [4.78, 5) is 22.4. The molecular weight excluding hydrogens is 310 g/mol. The number of carboxylic acids is 1. The normalized spacial score (nSPS) is 11.0. The molecule has 6 heteroatoms. The van der Waals surface area contributed by atoms with Crippen LogP contribution < -0.4 is 14.8 Å². The lowest BCUT2D eigenvalue weighted by molar-refractivity contribution is -0.134. The van der Waals surface area contributed by atoms with Crippen molar-refractivity contribution >= 4 is 18.0 Å². The van der Waals surface area contributed by atoms with Gasteiger partial charge in [0, 0.05) is 12.5 Å². The van der Waals surface area contributed by atoms with Crippen LogP contribution in [0.4, 0.5) is 0 Å². The van der Waals surface area contributed by atoms with Gasteiger partial charge in [-0.1, -0.05) is 38.3 Å². The SMILES string of the molecule is CCCCCCOc1c(/C=C(\NC(C)=O)C(=O)O)cccc1OC. The number of carboxylic acid groups (broad SMARTS) is 1. The molecule has 1 rings (SSSR count). The second-order valence-electron chi connectivity index (χ2n) is 5.33. The number of ether oxygens (including phenoxy) is 2. The van der Waals surface area contributed by atoms with Crippen LogP contribution in [0.25, 0.3) is 6.08 Å². The van der Waals surface area contributed by atoms with Crippen LogP contribution in [-0.2, 0) is 9.59 Å². The van der Waals surface area contributed by atoms with E-state index in [2.05, 4.69) is 12.2 Å². The van der Waals surface area contributed by atoms with Gasteiger partial charge in [-0.2, -0.15) is 0 Å². The Morgan fingerprint density at radius 3 is 2.58 bits per heavy atom. The molecule has 2 N–H and O–H groups in total. The Kier molecular flexibility index (Phi) is 8.39. The van der Waals surface area contributed by atoms with Gasteiger partial charge in [-0.25, -0.2) is 4.79 Å². The van der Waals surface area contributed by atoms with Crippen LogP contribution in [0.3, 0.4) is 0 Å². The van der Waals surface area contributed by atoms with E-state index in [1.165, 1.54) is 20.1 Å². The Bertz CT molecular complexity index is 595. The Morgan fingerprint density at radius 2 is 2.00 bits per heavy atom. The number of nitrogens with one attached hydrogen (secondary N) is 1. The summed E-state index contributed by atoms with van der Waals surface area (Å²) in [5, 5.41) is 11.5. The summed E-state index contributed by atoms with van der Waals surface area (Å²) in [6.07, 6.45) is 5.64. The Morgan fingerprint density at radius 1 is 1.25 bits per heavy atom. The van der Waals surface area contributed by atoms with Gasteiger partial charge in [0.05, 0.1) is 13.7 Å². The third-order valence-corrected chi connectivity index (χ3v) is 3.31. The molecule has 0 saturated carbocycles. The lowest BCUT2D eigenvalue weighted by Crippen LogP contribution is -2.24. The van der Waals surface area contributed by atoms with Gasteiger partial charge in [0.25, 0.3) is 0 Å². The zero-order chi connectivity index (χ0) is 17.9. The molecule has 0 unspecified atom stereocenters. The maximum Gasteiger partial charge on any atom is 0.352 e. The van der Waals surface area contributed by atoms with E-state index in [4.69, 9.17) is 9.47 Å². The number of rotatable bonds is 10. The molecule has 0 radical (unpaired) electrons. The second kappa shape index (κ2) is 10.3. The van der Waals surface area contributed by atoms with Gasteiger partial charge in [-0.3, -0.25) is 4.79 Å². The number of hydrogen-bond acceptors (Lipinski definition) is 4. The van der Waals surface area contributed by atoms with E-state index in [-0.39, 0.29) is 5.70 Å². The standard InChI is InChI=1S/C18H25NO5/c1-4-5-6-7-11-24-17-14(9-8-10-16(17)23-3)12-15(18(21)22)19-13(2)20/h8-10,12H,4-7,11H2,1-3H3,(H,19,20)(H,21,22)/b15-12-. The summed E-state index contributed by atoms with van der Waals surface area (Å²) in [6.45, 7) is 3.91. The molecule has 0 bridgehead atoms. The molecule has 0 aromatic heterocycles. The Labute approximate surface area is 142 Å². The summed E-state index contributed by atoms with van der Waals surface area (Å²) in [5.74, 6) is -0.678. The van der Waals surface area contributed by atoms with E-state index in [1.54, 1.807) is 18.2 Å². The number of hydrogen-bond donors (Lipinski definition) is 2. The minimum absolute atomic E-state index is 0.216. The molecule has 0 fully saturated rings. The summed E-state index contributed by atoms with van der Waals surface area (Å²) < 4.78 is 11.1. The summed E-state index contributed by atoms with van der Waals surface area (Å²) in [7, 11) is 1.53. The third kappa shape index (κ3) is 6.32. The van der Waals surface area contributed by atoms with E-state index < -0.39 is 11.9 Å². The number of benzene rings is 1. The lowest BCUT2D eigenvalue weighted by Gasteiger charge is -2.14. The van der Waals surface area contributed by atoms with Crippen LogP contribution in [0.1, 0.15) is 45.1 Å². The average molecular weight is 335 g/mol. The maximum absolute atomic E-state index is 11.3. The number of carbonyl (C=O) groups is 2. The molecular formula is C18H25NO5. The monoisotopic (exact) mass is 335 g/mol. The minimum Gasteiger partial charge on any atom is -0.493 e. The Hall–Kier alpha value is -2.50. The van der Waals surface area contributed by atoms with Crippen molar-refractivity contribution in [2.24, 2.45) is 0 Å². The quantitative estimate of drug-likeness (QED) is 0.506. The van der Waals surface area contributed by atoms with Crippen LogP contribution >= 0.6 is 0 Å². The van der Waals surface area contributed by atoms with Gasteiger partial charge in [0.2, 0.25) is 5.91 Å². The van der Waals surface area contributed by atoms with Gasteiger partial charge in [-0.15, -0.1) is 0 Å². The first-order valence-corrected chi connectivity index (χ1v) is 8.02. The molecule has 6 nitrogen and oxygen atoms in total. The van der Waals surface area contributed by atoms with Crippen LogP contribution in [-0.4, -0.2) is 30.7 Å². The van der Waals surface area contributed by atoms with Gasteiger partial charge < -0.3 is 19.9 Å². The molecule has 1 amide bonds. The van der Waals surface area contributed by atoms with Crippen molar-refractivity contribution in [3.8, 4) is 11.5 Å². The molecule has 0 saturated heterocycles. The highest BCUT2D eigenvalue weighted by molar-refractivity contribution is 5.96. The molecule has 0 atom stereocenters. The van der Waals surface area contributed by atoms with Crippen molar-refractivity contribution in [1.29, 1.82) is 0 Å². The number of unbranched alkanes of at least 4 members (excludes halogenated alkanes) is 3. The predicted molar refractivity (Wildman–Crippen MR) is 92.1 cm³/mol. The van der Waals surface area contributed by atoms with E-state index in [0.717, 1.165) is 25.7 Å². The van der Waals surface area contributed by atoms with Crippen molar-refractivity contribution in [3.05, 3.63) is 29.5 Å². The average Bonchev–Trinajstić information content (AvgIpc) is 2.54. The first-order valence-electron chi connectivity index (χ1n) is 8.02. The molecule has 0 spiro atoms. The smallest absolute Gasteiger partial charge is 0.352 e. The summed E-state index contributed by atoms with van der Waals surface area (Å²) >= 11 is 0. The number of amides is 1. The third-order valence-electron chi connectivity index (χ3n) is 3.31. The van der Waals surface area contributed by atoms with Crippen molar-refractivity contribution in [3.63, 3.8) is 0 Å². The van der Waals surface area contributed by atoms with Gasteiger partial charge in [0.1, 0.15) is 5.70 Å². The largest absolute Gasteiger partial charge is 0.493 e. The van der Waals surface area contributed by atoms with E-state index in [9.17, 15) is 14.7 Å². The molecule has 1 aromatic rings. The van der Waals surface area contributed by atoms with Crippen molar-refractivity contribution in [2.45, 2.75) is 39.5 Å². The maximum atomic E-state index is 11.3. The zero-order valence-electron chi connectivity index (χ0n) is 14.4. The molecule has 132 valence electrons. The minimum atomic E-state index is -1.22. The number of carbonyl (C=O) groups excluding carboxylic acids is 1. The number of methoxy groups -OCH3 is 1. The van der Waals surface area contributed by atoms with Crippen molar-refractivity contribution < 1.29 is 24.2 Å². The first-order chi connectivity index (χ1) is 11.5. The van der Waals surface area contributed by atoms with Crippen molar-refractivity contribution in [2.75, 3.05) is 13.7 Å². The van der Waals surface area contributed by atoms with Crippen LogP contribution in [0, 0.1) is 0 Å². The van der Waals surface area contributed by atoms with E-state index in [0.29, 0.717) is 23.7 Å². The molecule has 0 heterocycles. The van der Waals surface area contributed by atoms with Crippen LogP contribution in [0.2, 0.25) is 0 Å². The summed E-state index contributed by atoms with van der Waals surface area (Å²) in [5.41, 5.74) is 0.322. The number of aliphatic carboxylic acids is 1. The highest BCUT2D eigenvalue weighted by Gasteiger charge is 2.14. The fraction of sp³-hybridized carbons (Fsp3) is 0.444. The second-order valence-corrected chi connectivity index (χ2v) is 5.33. The molecule has 24 heavy (non-hydrogen) atoms. The molecule has 0 aliphatic carbocycles. The van der Waals surface area contributed by atoms with Gasteiger partial charge in [0.15, 0.2) is 11.5 Å². The fourth-order valence-corrected chi connectivity index (χ4v) is 2.16. The van der Waals surface area contributed by atoms with E-state index >= 15 is 0 Å². The molecule has 0 aliphatic rings. The Balaban J connectivity index is 3.03. The first kappa shape index (κ1) is 19.5. The molecule has 0 aliphatic heterocycles. The van der Waals surface area contributed by atoms with Gasteiger partial charge >= 0.3 is 5.97 Å². The highest BCUT2D eigenvalue weighted by atomic mass is 16.5. The summed E-state index contributed by atoms with van der Waals surface area (Å²) in [6, 6.07) is 5.20.